The van der Waals surface area contributed by atoms with Crippen molar-refractivity contribution >= 4 is 0 Å². The van der Waals surface area contributed by atoms with Crippen LogP contribution in [0.3, 0.4) is 0 Å². The first-order valence-electron chi connectivity index (χ1n) is 6.08. The number of hydrogen-bond acceptors (Lipinski definition) is 2. The van der Waals surface area contributed by atoms with Gasteiger partial charge in [0, 0.05) is 19.0 Å². The predicted molar refractivity (Wildman–Crippen MR) is 67.3 cm³/mol. The van der Waals surface area contributed by atoms with E-state index in [9.17, 15) is 0 Å². The van der Waals surface area contributed by atoms with Crippen LogP contribution in [0.15, 0.2) is 36.7 Å². The second-order valence-corrected chi connectivity index (χ2v) is 3.94. The van der Waals surface area contributed by atoms with Crippen LogP contribution in [-0.4, -0.2) is 16.7 Å². The van der Waals surface area contributed by atoms with Crippen LogP contribution in [0.1, 0.15) is 37.7 Å². The Bertz CT molecular complexity index is 282. The molecule has 0 saturated carbocycles. The highest BCUT2D eigenvalue weighted by molar-refractivity contribution is 5.08. The molecule has 0 aliphatic heterocycles. The third kappa shape index (κ3) is 6.36. The summed E-state index contributed by atoms with van der Waals surface area (Å²) in [6, 6.07) is 4.13. The summed E-state index contributed by atoms with van der Waals surface area (Å²) in [5.41, 5.74) is 1.33. The Morgan fingerprint density at radius 1 is 1.12 bits per heavy atom. The van der Waals surface area contributed by atoms with Gasteiger partial charge in [-0.3, -0.25) is 4.98 Å². The van der Waals surface area contributed by atoms with E-state index in [4.69, 9.17) is 5.11 Å². The van der Waals surface area contributed by atoms with Crippen LogP contribution in [0.25, 0.3) is 0 Å². The Morgan fingerprint density at radius 3 is 2.75 bits per heavy atom. The molecule has 1 heterocycles. The molecule has 0 fully saturated rings. The minimum atomic E-state index is 0.261. The Balaban J connectivity index is 1.96. The van der Waals surface area contributed by atoms with Crippen LogP contribution < -0.4 is 0 Å². The van der Waals surface area contributed by atoms with E-state index in [1.165, 1.54) is 24.8 Å². The summed E-state index contributed by atoms with van der Waals surface area (Å²) in [6.45, 7) is 0.261. The van der Waals surface area contributed by atoms with Gasteiger partial charge in [-0.2, -0.15) is 0 Å². The van der Waals surface area contributed by atoms with E-state index in [0.717, 1.165) is 19.3 Å². The fourth-order valence-electron chi connectivity index (χ4n) is 1.62. The first kappa shape index (κ1) is 12.9. The van der Waals surface area contributed by atoms with E-state index in [-0.39, 0.29) is 6.61 Å². The molecule has 88 valence electrons. The molecular formula is C14H21NO. The summed E-state index contributed by atoms with van der Waals surface area (Å²) >= 11 is 0. The summed E-state index contributed by atoms with van der Waals surface area (Å²) in [5, 5.41) is 8.58. The van der Waals surface area contributed by atoms with E-state index in [1.807, 2.05) is 18.5 Å². The normalized spacial score (nSPS) is 11.1. The Labute approximate surface area is 98.0 Å². The molecule has 1 N–H and O–H groups in total. The third-order valence-electron chi connectivity index (χ3n) is 2.52. The molecule has 0 amide bonds. The highest BCUT2D eigenvalue weighted by atomic mass is 16.2. The monoisotopic (exact) mass is 219 g/mol. The topological polar surface area (TPSA) is 33.1 Å². The van der Waals surface area contributed by atoms with Gasteiger partial charge in [-0.15, -0.1) is 0 Å². The van der Waals surface area contributed by atoms with Crippen molar-refractivity contribution in [1.29, 1.82) is 0 Å². The first-order valence-corrected chi connectivity index (χ1v) is 6.08. The lowest BCUT2D eigenvalue weighted by atomic mass is 10.1. The third-order valence-corrected chi connectivity index (χ3v) is 2.52. The second kappa shape index (κ2) is 9.10. The molecule has 2 nitrogen and oxygen atoms in total. The van der Waals surface area contributed by atoms with Crippen molar-refractivity contribution < 1.29 is 5.11 Å². The van der Waals surface area contributed by atoms with Gasteiger partial charge in [0.1, 0.15) is 0 Å². The van der Waals surface area contributed by atoms with Gasteiger partial charge in [0.15, 0.2) is 0 Å². The summed E-state index contributed by atoms with van der Waals surface area (Å²) in [6.07, 6.45) is 14.8. The van der Waals surface area contributed by atoms with Crippen molar-refractivity contribution in [3.05, 3.63) is 42.2 Å². The number of aryl methyl sites for hydroxylation is 1. The average molecular weight is 219 g/mol. The second-order valence-electron chi connectivity index (χ2n) is 3.94. The zero-order chi connectivity index (χ0) is 11.5. The number of allylic oxidation sites excluding steroid dienone is 1. The lowest BCUT2D eigenvalue weighted by Gasteiger charge is -1.99. The average Bonchev–Trinajstić information content (AvgIpc) is 2.34. The molecule has 0 bridgehead atoms. The van der Waals surface area contributed by atoms with E-state index < -0.39 is 0 Å². The minimum absolute atomic E-state index is 0.261. The van der Waals surface area contributed by atoms with E-state index in [1.54, 1.807) is 0 Å². The van der Waals surface area contributed by atoms with Crippen LogP contribution in [0, 0.1) is 0 Å². The lowest BCUT2D eigenvalue weighted by molar-refractivity contribution is 0.302. The SMILES string of the molecule is OCC/C=C/CCCCCc1cccnc1. The number of rotatable bonds is 8. The largest absolute Gasteiger partial charge is 0.396 e. The number of unbranched alkanes of at least 4 members (excludes halogenated alkanes) is 3. The van der Waals surface area contributed by atoms with Crippen LogP contribution in [0.2, 0.25) is 0 Å². The summed E-state index contributed by atoms with van der Waals surface area (Å²) < 4.78 is 0. The van der Waals surface area contributed by atoms with Gasteiger partial charge in [-0.1, -0.05) is 24.6 Å². The van der Waals surface area contributed by atoms with Gasteiger partial charge in [0.05, 0.1) is 0 Å². The fraction of sp³-hybridized carbons (Fsp3) is 0.500. The molecule has 1 aromatic heterocycles. The predicted octanol–water partition coefficient (Wildman–Crippen LogP) is 3.12. The minimum Gasteiger partial charge on any atom is -0.396 e. The van der Waals surface area contributed by atoms with E-state index in [2.05, 4.69) is 23.2 Å². The zero-order valence-corrected chi connectivity index (χ0v) is 9.81. The quantitative estimate of drug-likeness (QED) is 0.538. The van der Waals surface area contributed by atoms with Crippen LogP contribution in [-0.2, 0) is 6.42 Å². The summed E-state index contributed by atoms with van der Waals surface area (Å²) in [7, 11) is 0. The summed E-state index contributed by atoms with van der Waals surface area (Å²) in [5.74, 6) is 0. The first-order chi connectivity index (χ1) is 7.93. The van der Waals surface area contributed by atoms with Crippen LogP contribution in [0.4, 0.5) is 0 Å². The van der Waals surface area contributed by atoms with Crippen LogP contribution in [0.5, 0.6) is 0 Å². The number of pyridine rings is 1. The molecular weight excluding hydrogens is 198 g/mol. The number of hydrogen-bond donors (Lipinski definition) is 1. The fourth-order valence-corrected chi connectivity index (χ4v) is 1.62. The van der Waals surface area contributed by atoms with E-state index in [0.29, 0.717) is 0 Å². The standard InChI is InChI=1S/C14H21NO/c16-12-7-5-3-1-2-4-6-9-14-10-8-11-15-13-14/h3,5,8,10-11,13,16H,1-2,4,6-7,9,12H2/b5-3+. The number of aromatic nitrogens is 1. The van der Waals surface area contributed by atoms with Gasteiger partial charge in [-0.05, 0) is 43.7 Å². The number of aliphatic hydroxyl groups is 1. The van der Waals surface area contributed by atoms with Gasteiger partial charge in [0.2, 0.25) is 0 Å². The maximum atomic E-state index is 8.58. The van der Waals surface area contributed by atoms with Gasteiger partial charge >= 0.3 is 0 Å². The maximum Gasteiger partial charge on any atom is 0.0465 e. The molecule has 0 aromatic carbocycles. The van der Waals surface area contributed by atoms with Gasteiger partial charge in [0.25, 0.3) is 0 Å². The summed E-state index contributed by atoms with van der Waals surface area (Å²) in [4.78, 5) is 4.10. The molecule has 0 aliphatic rings. The van der Waals surface area contributed by atoms with Gasteiger partial charge < -0.3 is 5.11 Å². The van der Waals surface area contributed by atoms with Gasteiger partial charge in [-0.25, -0.2) is 0 Å². The molecule has 2 heteroatoms. The van der Waals surface area contributed by atoms with Crippen molar-refractivity contribution in [1.82, 2.24) is 4.98 Å². The molecule has 1 aromatic rings. The van der Waals surface area contributed by atoms with E-state index >= 15 is 0 Å². The Kier molecular flexibility index (Phi) is 7.35. The maximum absolute atomic E-state index is 8.58. The Hall–Kier alpha value is -1.15. The van der Waals surface area contributed by atoms with Crippen molar-refractivity contribution in [3.63, 3.8) is 0 Å². The number of nitrogens with zero attached hydrogens (tertiary/aromatic N) is 1. The molecule has 0 aliphatic carbocycles. The van der Waals surface area contributed by atoms with Crippen molar-refractivity contribution in [3.8, 4) is 0 Å². The molecule has 1 rings (SSSR count). The molecule has 0 saturated heterocycles. The number of aliphatic hydroxyl groups excluding tert-OH is 1. The highest BCUT2D eigenvalue weighted by Crippen LogP contribution is 2.07. The highest BCUT2D eigenvalue weighted by Gasteiger charge is 1.92. The molecule has 0 spiro atoms. The molecule has 0 atom stereocenters. The lowest BCUT2D eigenvalue weighted by Crippen LogP contribution is -1.86. The Morgan fingerprint density at radius 2 is 2.00 bits per heavy atom. The van der Waals surface area contributed by atoms with Crippen molar-refractivity contribution in [2.45, 2.75) is 38.5 Å². The van der Waals surface area contributed by atoms with Crippen LogP contribution >= 0.6 is 0 Å². The molecule has 16 heavy (non-hydrogen) atoms. The molecule has 0 unspecified atom stereocenters. The van der Waals surface area contributed by atoms with Crippen molar-refractivity contribution in [2.24, 2.45) is 0 Å². The van der Waals surface area contributed by atoms with Crippen molar-refractivity contribution in [2.75, 3.05) is 6.61 Å². The molecule has 0 radical (unpaired) electrons. The smallest absolute Gasteiger partial charge is 0.0465 e. The zero-order valence-electron chi connectivity index (χ0n) is 9.81.